The average Bonchev–Trinajstić information content (AvgIpc) is 3.02. The van der Waals surface area contributed by atoms with E-state index >= 15 is 0 Å². The fourth-order valence-corrected chi connectivity index (χ4v) is 6.20. The molecule has 3 aliphatic rings. The van der Waals surface area contributed by atoms with E-state index in [-0.39, 0.29) is 48.9 Å². The second-order valence-electron chi connectivity index (χ2n) is 15.3. The summed E-state index contributed by atoms with van der Waals surface area (Å²) in [5.41, 5.74) is -1.22. The lowest BCUT2D eigenvalue weighted by Crippen LogP contribution is -2.41. The van der Waals surface area contributed by atoms with Crippen molar-refractivity contribution in [3.63, 3.8) is 0 Å². The summed E-state index contributed by atoms with van der Waals surface area (Å²) in [7, 11) is -0.0817. The van der Waals surface area contributed by atoms with Crippen LogP contribution in [0.1, 0.15) is 154 Å². The quantitative estimate of drug-likeness (QED) is 0.156. The molecule has 0 amide bonds. The maximum absolute atomic E-state index is 11.9. The normalized spacial score (nSPS) is 27.6. The number of hydrogen-bond donors (Lipinski definition) is 0. The van der Waals surface area contributed by atoms with Crippen LogP contribution in [-0.2, 0) is 28.4 Å². The first-order valence-corrected chi connectivity index (χ1v) is 16.6. The van der Waals surface area contributed by atoms with Crippen molar-refractivity contribution in [2.24, 2.45) is 11.8 Å². The van der Waals surface area contributed by atoms with E-state index in [0.29, 0.717) is 29.4 Å². The molecule has 0 spiro atoms. The molecule has 240 valence electrons. The lowest BCUT2D eigenvalue weighted by atomic mass is 9.62. The summed E-state index contributed by atoms with van der Waals surface area (Å²) in [6.45, 7) is 19.9. The van der Waals surface area contributed by atoms with Gasteiger partial charge in [-0.15, -0.1) is 0 Å². The van der Waals surface area contributed by atoms with Gasteiger partial charge in [0.25, 0.3) is 0 Å². The molecule has 2 saturated carbocycles. The lowest BCUT2D eigenvalue weighted by Gasteiger charge is -2.32. The Labute approximate surface area is 261 Å². The molecule has 41 heavy (non-hydrogen) atoms. The van der Waals surface area contributed by atoms with E-state index in [2.05, 4.69) is 43.6 Å². The fourth-order valence-electron chi connectivity index (χ4n) is 5.67. The summed E-state index contributed by atoms with van der Waals surface area (Å²) in [6, 6.07) is 0. The highest BCUT2D eigenvalue weighted by atomic mass is 79.9. The zero-order valence-electron chi connectivity index (χ0n) is 27.2. The predicted octanol–water partition coefficient (Wildman–Crippen LogP) is 9.46. The summed E-state index contributed by atoms with van der Waals surface area (Å²) in [5, 5.41) is 0. The molecule has 0 aromatic heterocycles. The lowest BCUT2D eigenvalue weighted by molar-refractivity contribution is -0.156. The first-order valence-electron chi connectivity index (χ1n) is 15.7. The highest BCUT2D eigenvalue weighted by molar-refractivity contribution is 9.09. The zero-order chi connectivity index (χ0) is 30.4. The molecule has 0 aromatic rings. The molecule has 3 rings (SSSR count). The van der Waals surface area contributed by atoms with Gasteiger partial charge in [0.1, 0.15) is 11.2 Å². The number of carbonyl (C=O) groups excluding carboxylic acids is 2. The third-order valence-electron chi connectivity index (χ3n) is 8.68. The van der Waals surface area contributed by atoms with Crippen molar-refractivity contribution in [1.82, 2.24) is 0 Å². The Bertz CT molecular complexity index is 784. The van der Waals surface area contributed by atoms with Gasteiger partial charge in [-0.2, -0.15) is 0 Å². The molecular formula is C33H62BBrO6. The molecule has 6 nitrogen and oxygen atoms in total. The Morgan fingerprint density at radius 2 is 1.05 bits per heavy atom. The number of ether oxygens (including phenoxy) is 2. The van der Waals surface area contributed by atoms with Gasteiger partial charge in [-0.25, -0.2) is 0 Å². The second kappa shape index (κ2) is 15.9. The van der Waals surface area contributed by atoms with Crippen LogP contribution in [-0.4, -0.2) is 46.3 Å². The first-order chi connectivity index (χ1) is 18.3. The van der Waals surface area contributed by atoms with Crippen LogP contribution in [0.15, 0.2) is 0 Å². The van der Waals surface area contributed by atoms with Crippen LogP contribution < -0.4 is 0 Å². The highest BCUT2D eigenvalue weighted by Gasteiger charge is 2.53. The van der Waals surface area contributed by atoms with Crippen molar-refractivity contribution >= 4 is 35.0 Å². The van der Waals surface area contributed by atoms with Gasteiger partial charge >= 0.3 is 19.1 Å². The van der Waals surface area contributed by atoms with Gasteiger partial charge in [0.2, 0.25) is 0 Å². The standard InChI is InChI=1S/C19H35BO4.C13H23BrO2.CH4/c1-17(2,3)22-16(21)13-10-14-8-11-15(12-9-14)20-23-18(4,5)19(6,7)24-20;1-13(2,3)16-12(15)9-6-10-4-7-11(14)8-5-10;/h14-15H,8-13H2,1-7H3;10-11H,4-9H2,1-3H3;1H4. The van der Waals surface area contributed by atoms with Gasteiger partial charge in [0.05, 0.1) is 11.2 Å². The smallest absolute Gasteiger partial charge is 0.460 e. The number of halogens is 1. The number of carbonyl (C=O) groups is 2. The topological polar surface area (TPSA) is 71.1 Å². The molecule has 1 aliphatic heterocycles. The number of alkyl halides is 1. The van der Waals surface area contributed by atoms with Gasteiger partial charge in [-0.3, -0.25) is 9.59 Å². The molecule has 0 aromatic carbocycles. The average molecular weight is 646 g/mol. The molecule has 0 atom stereocenters. The highest BCUT2D eigenvalue weighted by Crippen LogP contribution is 2.45. The molecule has 0 N–H and O–H groups in total. The summed E-state index contributed by atoms with van der Waals surface area (Å²) in [4.78, 5) is 24.1. The Morgan fingerprint density at radius 1 is 0.707 bits per heavy atom. The van der Waals surface area contributed by atoms with Crippen molar-refractivity contribution in [2.75, 3.05) is 0 Å². The monoisotopic (exact) mass is 644 g/mol. The zero-order valence-corrected chi connectivity index (χ0v) is 28.8. The maximum Gasteiger partial charge on any atom is 0.461 e. The van der Waals surface area contributed by atoms with E-state index in [9.17, 15) is 9.59 Å². The first kappa shape index (κ1) is 38.4. The van der Waals surface area contributed by atoms with E-state index < -0.39 is 0 Å². The molecule has 1 saturated heterocycles. The van der Waals surface area contributed by atoms with Crippen LogP contribution in [0.3, 0.4) is 0 Å². The van der Waals surface area contributed by atoms with Crippen molar-refractivity contribution < 1.29 is 28.4 Å². The van der Waals surface area contributed by atoms with E-state index in [0.717, 1.165) is 44.4 Å². The van der Waals surface area contributed by atoms with Gasteiger partial charge in [0.15, 0.2) is 0 Å². The molecule has 3 fully saturated rings. The van der Waals surface area contributed by atoms with Crippen LogP contribution in [0.25, 0.3) is 0 Å². The van der Waals surface area contributed by atoms with Crippen LogP contribution in [0.2, 0.25) is 5.82 Å². The van der Waals surface area contributed by atoms with Gasteiger partial charge < -0.3 is 18.8 Å². The minimum atomic E-state index is -0.383. The SMILES string of the molecule is C.CC(C)(C)OC(=O)CCC1CCC(B2OC(C)(C)C(C)(C)O2)CC1.CC(C)(C)OC(=O)CCC1CCC(Br)CC1. The number of rotatable bonds is 7. The molecule has 0 radical (unpaired) electrons. The van der Waals surface area contributed by atoms with Crippen molar-refractivity contribution in [3.05, 3.63) is 0 Å². The summed E-state index contributed by atoms with van der Waals surface area (Å²) in [6.07, 6.45) is 12.6. The number of esters is 2. The van der Waals surface area contributed by atoms with E-state index in [1.165, 1.54) is 25.7 Å². The van der Waals surface area contributed by atoms with Gasteiger partial charge in [0, 0.05) is 17.7 Å². The Balaban J connectivity index is 0.000000433. The Kier molecular flexibility index (Phi) is 14.9. The largest absolute Gasteiger partial charge is 0.461 e. The van der Waals surface area contributed by atoms with Crippen molar-refractivity contribution in [1.29, 1.82) is 0 Å². The maximum atomic E-state index is 11.9. The summed E-state index contributed by atoms with van der Waals surface area (Å²) in [5.74, 6) is 1.70. The van der Waals surface area contributed by atoms with E-state index in [4.69, 9.17) is 18.8 Å². The molecule has 2 aliphatic carbocycles. The summed E-state index contributed by atoms with van der Waals surface area (Å²) >= 11 is 3.64. The predicted molar refractivity (Wildman–Crippen MR) is 173 cm³/mol. The number of hydrogen-bond acceptors (Lipinski definition) is 6. The molecule has 0 bridgehead atoms. The third-order valence-corrected chi connectivity index (χ3v) is 9.59. The molecule has 0 unspecified atom stereocenters. The van der Waals surface area contributed by atoms with Crippen LogP contribution in [0, 0.1) is 11.8 Å². The molecule has 8 heteroatoms. The van der Waals surface area contributed by atoms with Gasteiger partial charge in [-0.1, -0.05) is 49.0 Å². The minimum Gasteiger partial charge on any atom is -0.460 e. The van der Waals surface area contributed by atoms with Crippen LogP contribution >= 0.6 is 15.9 Å². The molecular weight excluding hydrogens is 583 g/mol. The van der Waals surface area contributed by atoms with Crippen molar-refractivity contribution in [3.8, 4) is 0 Å². The third kappa shape index (κ3) is 14.2. The summed E-state index contributed by atoms with van der Waals surface area (Å²) < 4.78 is 23.1. The van der Waals surface area contributed by atoms with E-state index in [1.807, 2.05) is 41.5 Å². The second-order valence-corrected chi connectivity index (χ2v) is 16.6. The Morgan fingerprint density at radius 3 is 1.39 bits per heavy atom. The van der Waals surface area contributed by atoms with Crippen LogP contribution in [0.4, 0.5) is 0 Å². The van der Waals surface area contributed by atoms with Crippen LogP contribution in [0.5, 0.6) is 0 Å². The fraction of sp³-hybridized carbons (Fsp3) is 0.939. The minimum absolute atomic E-state index is 0. The van der Waals surface area contributed by atoms with Gasteiger partial charge in [-0.05, 0) is 125 Å². The molecule has 1 heterocycles. The van der Waals surface area contributed by atoms with Crippen molar-refractivity contribution in [2.45, 2.75) is 187 Å². The van der Waals surface area contributed by atoms with E-state index in [1.54, 1.807) is 0 Å². The Hall–Kier alpha value is -0.595.